The predicted octanol–water partition coefficient (Wildman–Crippen LogP) is 9.80. The van der Waals surface area contributed by atoms with Gasteiger partial charge in [-0.3, -0.25) is 0 Å². The van der Waals surface area contributed by atoms with Crippen LogP contribution in [0.5, 0.6) is 0 Å². The van der Waals surface area contributed by atoms with Crippen LogP contribution in [0.3, 0.4) is 0 Å². The van der Waals surface area contributed by atoms with Gasteiger partial charge in [0.25, 0.3) is 0 Å². The van der Waals surface area contributed by atoms with Gasteiger partial charge in [-0.1, -0.05) is 88.5 Å². The van der Waals surface area contributed by atoms with Gasteiger partial charge in [-0.15, -0.1) is 0 Å². The fraction of sp³-hybridized carbons (Fsp3) is 0.867. The van der Waals surface area contributed by atoms with Crippen LogP contribution in [-0.4, -0.2) is 0 Å². The van der Waals surface area contributed by atoms with Crippen LogP contribution in [0.4, 0.5) is 0 Å². The van der Waals surface area contributed by atoms with Crippen LogP contribution in [0.25, 0.3) is 0 Å². The first-order valence-corrected chi connectivity index (χ1v) is 13.7. The molecule has 0 aromatic rings. The maximum Gasteiger partial charge on any atom is -0.00450 e. The Kier molecular flexibility index (Phi) is 6.38. The summed E-state index contributed by atoms with van der Waals surface area (Å²) in [6.45, 7) is 15.3. The highest BCUT2D eigenvalue weighted by Crippen LogP contribution is 2.71. The lowest BCUT2D eigenvalue weighted by atomic mass is 9.46. The second kappa shape index (κ2) is 8.44. The Morgan fingerprint density at radius 1 is 0.767 bits per heavy atom. The van der Waals surface area contributed by atoms with Gasteiger partial charge >= 0.3 is 0 Å². The minimum atomic E-state index is 0.471. The summed E-state index contributed by atoms with van der Waals surface area (Å²) >= 11 is 0. The summed E-state index contributed by atoms with van der Waals surface area (Å²) < 4.78 is 0. The lowest BCUT2D eigenvalue weighted by Crippen LogP contribution is -2.48. The molecule has 0 bridgehead atoms. The first-order chi connectivity index (χ1) is 14.3. The molecular weight excluding hydrogens is 360 g/mol. The van der Waals surface area contributed by atoms with Crippen LogP contribution >= 0.6 is 0 Å². The van der Waals surface area contributed by atoms with E-state index in [4.69, 9.17) is 0 Å². The lowest BCUT2D eigenvalue weighted by molar-refractivity contribution is 0.0442. The van der Waals surface area contributed by atoms with Crippen LogP contribution in [0, 0.1) is 28.1 Å². The van der Waals surface area contributed by atoms with E-state index in [9.17, 15) is 0 Å². The molecule has 0 aromatic carbocycles. The summed E-state index contributed by atoms with van der Waals surface area (Å²) in [5.74, 6) is 1.81. The first kappa shape index (κ1) is 22.7. The van der Waals surface area contributed by atoms with Gasteiger partial charge < -0.3 is 0 Å². The van der Waals surface area contributed by atoms with Crippen molar-refractivity contribution in [3.8, 4) is 0 Å². The van der Waals surface area contributed by atoms with Crippen molar-refractivity contribution in [1.82, 2.24) is 0 Å². The van der Waals surface area contributed by atoms with Crippen molar-refractivity contribution >= 4 is 0 Å². The molecule has 170 valence electrons. The van der Waals surface area contributed by atoms with Crippen LogP contribution in [-0.2, 0) is 0 Å². The quantitative estimate of drug-likeness (QED) is 0.289. The van der Waals surface area contributed by atoms with Gasteiger partial charge in [-0.2, -0.15) is 0 Å². The van der Waals surface area contributed by atoms with Gasteiger partial charge in [-0.05, 0) is 99.7 Å². The number of rotatable bonds is 7. The third-order valence-electron chi connectivity index (χ3n) is 11.3. The van der Waals surface area contributed by atoms with E-state index in [0.717, 1.165) is 11.8 Å². The van der Waals surface area contributed by atoms with Gasteiger partial charge in [0.1, 0.15) is 0 Å². The summed E-state index contributed by atoms with van der Waals surface area (Å²) in [5.41, 5.74) is 8.89. The Labute approximate surface area is 188 Å². The molecule has 5 atom stereocenters. The van der Waals surface area contributed by atoms with E-state index >= 15 is 0 Å². The van der Waals surface area contributed by atoms with Crippen LogP contribution in [0.2, 0.25) is 0 Å². The third-order valence-corrected chi connectivity index (χ3v) is 11.3. The van der Waals surface area contributed by atoms with Crippen molar-refractivity contribution in [1.29, 1.82) is 0 Å². The molecule has 0 saturated heterocycles. The average Bonchev–Trinajstić information content (AvgIpc) is 2.99. The largest absolute Gasteiger partial charge is 0.0741 e. The smallest absolute Gasteiger partial charge is 0.00450 e. The Balaban J connectivity index is 1.52. The molecule has 1 saturated carbocycles. The van der Waals surface area contributed by atoms with Gasteiger partial charge in [-0.25, -0.2) is 0 Å². The normalized spacial score (nSPS) is 41.0. The maximum absolute atomic E-state index is 2.72. The van der Waals surface area contributed by atoms with Crippen molar-refractivity contribution < 1.29 is 0 Å². The van der Waals surface area contributed by atoms with Crippen LogP contribution in [0.15, 0.2) is 22.3 Å². The first-order valence-electron chi connectivity index (χ1n) is 13.7. The minimum Gasteiger partial charge on any atom is -0.0741 e. The fourth-order valence-electron chi connectivity index (χ4n) is 8.83. The number of hydrogen-bond donors (Lipinski definition) is 0. The van der Waals surface area contributed by atoms with Gasteiger partial charge in [0, 0.05) is 0 Å². The van der Waals surface area contributed by atoms with E-state index in [1.165, 1.54) is 96.3 Å². The molecule has 0 aliphatic heterocycles. The molecule has 0 heterocycles. The van der Waals surface area contributed by atoms with Gasteiger partial charge in [0.15, 0.2) is 0 Å². The number of fused-ring (bicyclic) bond motifs is 4. The molecular formula is C30H50. The Morgan fingerprint density at radius 2 is 1.50 bits per heavy atom. The zero-order valence-electron chi connectivity index (χ0n) is 21.3. The standard InChI is InChI=1S/C30H50/c1-7-8-9-10-11-12-13-24-17-20-30(6)27-15-14-25-23(3)22(2)16-19-28(25,4)26(27)18-21-29(24,30)5/h24-25H,7-21H2,1-6H3/t24-,25-,28-,29+,30-/m0/s1. The van der Waals surface area contributed by atoms with Crippen molar-refractivity contribution in [3.05, 3.63) is 22.3 Å². The molecule has 0 spiro atoms. The summed E-state index contributed by atoms with van der Waals surface area (Å²) in [4.78, 5) is 0. The Morgan fingerprint density at radius 3 is 2.27 bits per heavy atom. The van der Waals surface area contributed by atoms with Crippen LogP contribution in [0.1, 0.15) is 138 Å². The van der Waals surface area contributed by atoms with E-state index in [-0.39, 0.29) is 0 Å². The van der Waals surface area contributed by atoms with E-state index in [2.05, 4.69) is 41.5 Å². The summed E-state index contributed by atoms with van der Waals surface area (Å²) in [6.07, 6.45) is 21.6. The molecule has 1 fully saturated rings. The molecule has 4 rings (SSSR count). The van der Waals surface area contributed by atoms with Crippen LogP contribution < -0.4 is 0 Å². The number of allylic oxidation sites excluding steroid dienone is 4. The zero-order chi connectivity index (χ0) is 21.6. The highest BCUT2D eigenvalue weighted by Gasteiger charge is 2.60. The topological polar surface area (TPSA) is 0 Å². The van der Waals surface area contributed by atoms with Crippen molar-refractivity contribution in [2.24, 2.45) is 28.1 Å². The van der Waals surface area contributed by atoms with Gasteiger partial charge in [0.2, 0.25) is 0 Å². The molecule has 4 aliphatic rings. The molecule has 0 N–H and O–H groups in total. The molecule has 0 nitrogen and oxygen atoms in total. The predicted molar refractivity (Wildman–Crippen MR) is 132 cm³/mol. The Bertz CT molecular complexity index is 708. The van der Waals surface area contributed by atoms with Crippen molar-refractivity contribution in [2.45, 2.75) is 138 Å². The second-order valence-electron chi connectivity index (χ2n) is 12.5. The zero-order valence-corrected chi connectivity index (χ0v) is 21.3. The summed E-state index contributed by atoms with van der Waals surface area (Å²) in [6, 6.07) is 0. The molecule has 4 aliphatic carbocycles. The highest BCUT2D eigenvalue weighted by atomic mass is 14.6. The Hall–Kier alpha value is -0.520. The van der Waals surface area contributed by atoms with Gasteiger partial charge in [0.05, 0.1) is 0 Å². The number of unbranched alkanes of at least 4 members (excludes halogenated alkanes) is 5. The van der Waals surface area contributed by atoms with E-state index in [1.54, 1.807) is 11.1 Å². The summed E-state index contributed by atoms with van der Waals surface area (Å²) in [7, 11) is 0. The maximum atomic E-state index is 2.72. The monoisotopic (exact) mass is 410 g/mol. The van der Waals surface area contributed by atoms with E-state index < -0.39 is 0 Å². The SMILES string of the molecule is CCCCCCCC[C@H]1CC[C@@]2(C)C3=C(CC[C@]12C)[C@@]1(C)CCC(C)=C(C)[C@@H]1CC3. The summed E-state index contributed by atoms with van der Waals surface area (Å²) in [5, 5.41) is 0. The second-order valence-corrected chi connectivity index (χ2v) is 12.5. The molecule has 0 heteroatoms. The average molecular weight is 411 g/mol. The van der Waals surface area contributed by atoms with Crippen molar-refractivity contribution in [3.63, 3.8) is 0 Å². The molecule has 0 amide bonds. The molecule has 0 unspecified atom stereocenters. The lowest BCUT2D eigenvalue weighted by Gasteiger charge is -2.58. The molecule has 30 heavy (non-hydrogen) atoms. The fourth-order valence-corrected chi connectivity index (χ4v) is 8.83. The van der Waals surface area contributed by atoms with Crippen molar-refractivity contribution in [2.75, 3.05) is 0 Å². The molecule has 0 aromatic heterocycles. The highest BCUT2D eigenvalue weighted by molar-refractivity contribution is 5.41. The number of hydrogen-bond acceptors (Lipinski definition) is 0. The molecule has 0 radical (unpaired) electrons. The van der Waals surface area contributed by atoms with E-state index in [1.807, 2.05) is 11.1 Å². The van der Waals surface area contributed by atoms with E-state index in [0.29, 0.717) is 16.2 Å². The minimum absolute atomic E-state index is 0.471. The third kappa shape index (κ3) is 3.38.